The number of nitrogens with zero attached hydrogens (tertiary/aromatic N) is 2. The minimum atomic E-state index is -3.25. The van der Waals surface area contributed by atoms with Crippen molar-refractivity contribution in [3.63, 3.8) is 0 Å². The van der Waals surface area contributed by atoms with Gasteiger partial charge in [-0.2, -0.15) is 17.0 Å². The highest BCUT2D eigenvalue weighted by atomic mass is 35.5. The topological polar surface area (TPSA) is 40.6 Å². The van der Waals surface area contributed by atoms with E-state index in [-0.39, 0.29) is 0 Å². The molecule has 1 atom stereocenters. The lowest BCUT2D eigenvalue weighted by Gasteiger charge is -2.34. The molecular formula is C11H23ClN2O2S. The molecule has 0 bridgehead atoms. The van der Waals surface area contributed by atoms with Crippen LogP contribution in [0.15, 0.2) is 0 Å². The van der Waals surface area contributed by atoms with Crippen molar-refractivity contribution in [3.8, 4) is 0 Å². The summed E-state index contributed by atoms with van der Waals surface area (Å²) < 4.78 is 27.8. The van der Waals surface area contributed by atoms with Crippen molar-refractivity contribution in [2.24, 2.45) is 5.92 Å². The maximum Gasteiger partial charge on any atom is 0.281 e. The van der Waals surface area contributed by atoms with Crippen LogP contribution in [-0.2, 0) is 10.2 Å². The molecule has 0 aromatic rings. The molecule has 4 nitrogen and oxygen atoms in total. The fraction of sp³-hybridized carbons (Fsp3) is 1.00. The Morgan fingerprint density at radius 3 is 2.53 bits per heavy atom. The Labute approximate surface area is 110 Å². The van der Waals surface area contributed by atoms with Gasteiger partial charge in [0.2, 0.25) is 0 Å². The smallest absolute Gasteiger partial charge is 0.195 e. The van der Waals surface area contributed by atoms with Crippen molar-refractivity contribution in [1.29, 1.82) is 0 Å². The van der Waals surface area contributed by atoms with E-state index in [2.05, 4.69) is 0 Å². The number of halogens is 1. The summed E-state index contributed by atoms with van der Waals surface area (Å²) in [5.74, 6) is 1.04. The van der Waals surface area contributed by atoms with Crippen molar-refractivity contribution in [1.82, 2.24) is 8.61 Å². The highest BCUT2D eigenvalue weighted by Crippen LogP contribution is 2.23. The lowest BCUT2D eigenvalue weighted by atomic mass is 9.97. The van der Waals surface area contributed by atoms with Crippen LogP contribution in [0.2, 0.25) is 0 Å². The second-order valence-corrected chi connectivity index (χ2v) is 6.74. The zero-order valence-corrected chi connectivity index (χ0v) is 12.3. The van der Waals surface area contributed by atoms with Gasteiger partial charge in [0.05, 0.1) is 0 Å². The molecule has 1 heterocycles. The lowest BCUT2D eigenvalue weighted by molar-refractivity contribution is 0.245. The third kappa shape index (κ3) is 3.81. The predicted molar refractivity (Wildman–Crippen MR) is 71.5 cm³/mol. The van der Waals surface area contributed by atoms with Gasteiger partial charge in [0.1, 0.15) is 0 Å². The molecule has 1 rings (SSSR count). The molecule has 0 saturated carbocycles. The molecule has 1 unspecified atom stereocenters. The summed E-state index contributed by atoms with van der Waals surface area (Å²) in [6, 6.07) is 0. The maximum absolute atomic E-state index is 12.3. The molecule has 1 aliphatic rings. The largest absolute Gasteiger partial charge is 0.281 e. The van der Waals surface area contributed by atoms with Gasteiger partial charge >= 0.3 is 0 Å². The third-order valence-electron chi connectivity index (χ3n) is 3.36. The summed E-state index contributed by atoms with van der Waals surface area (Å²) in [5, 5.41) is 0. The quantitative estimate of drug-likeness (QED) is 0.699. The third-order valence-corrected chi connectivity index (χ3v) is 5.73. The van der Waals surface area contributed by atoms with Crippen molar-refractivity contribution in [2.75, 3.05) is 32.1 Å². The molecule has 0 amide bonds. The van der Waals surface area contributed by atoms with Crippen LogP contribution in [0.25, 0.3) is 0 Å². The first-order valence-corrected chi connectivity index (χ1v) is 8.30. The van der Waals surface area contributed by atoms with E-state index >= 15 is 0 Å². The van der Waals surface area contributed by atoms with E-state index in [4.69, 9.17) is 11.6 Å². The van der Waals surface area contributed by atoms with Crippen LogP contribution in [0.3, 0.4) is 0 Å². The fourth-order valence-electron chi connectivity index (χ4n) is 2.34. The number of hydrogen-bond acceptors (Lipinski definition) is 2. The molecule has 0 N–H and O–H groups in total. The zero-order chi connectivity index (χ0) is 12.9. The molecule has 0 radical (unpaired) electrons. The van der Waals surface area contributed by atoms with Gasteiger partial charge in [0.25, 0.3) is 10.2 Å². The van der Waals surface area contributed by atoms with E-state index in [1.807, 2.05) is 13.8 Å². The Morgan fingerprint density at radius 2 is 2.00 bits per heavy atom. The average molecular weight is 283 g/mol. The Morgan fingerprint density at radius 1 is 1.35 bits per heavy atom. The molecule has 17 heavy (non-hydrogen) atoms. The minimum Gasteiger partial charge on any atom is -0.195 e. The van der Waals surface area contributed by atoms with Gasteiger partial charge in [-0.1, -0.05) is 13.8 Å². The number of alkyl halides is 1. The molecule has 1 fully saturated rings. The highest BCUT2D eigenvalue weighted by molar-refractivity contribution is 7.86. The van der Waals surface area contributed by atoms with Crippen molar-refractivity contribution < 1.29 is 8.42 Å². The summed E-state index contributed by atoms with van der Waals surface area (Å²) >= 11 is 5.74. The summed E-state index contributed by atoms with van der Waals surface area (Å²) in [5.41, 5.74) is 0. The molecule has 0 aromatic carbocycles. The molecule has 1 aliphatic heterocycles. The van der Waals surface area contributed by atoms with E-state index in [9.17, 15) is 8.42 Å². The van der Waals surface area contributed by atoms with E-state index in [1.165, 1.54) is 4.31 Å². The van der Waals surface area contributed by atoms with Crippen molar-refractivity contribution in [3.05, 3.63) is 0 Å². The average Bonchev–Trinajstić information content (AvgIpc) is 2.31. The number of rotatable bonds is 6. The Balaban J connectivity index is 2.70. The monoisotopic (exact) mass is 282 g/mol. The van der Waals surface area contributed by atoms with Crippen LogP contribution >= 0.6 is 11.6 Å². The highest BCUT2D eigenvalue weighted by Gasteiger charge is 2.31. The van der Waals surface area contributed by atoms with Gasteiger partial charge in [-0.3, -0.25) is 0 Å². The van der Waals surface area contributed by atoms with E-state index in [0.717, 1.165) is 19.3 Å². The summed E-state index contributed by atoms with van der Waals surface area (Å²) in [7, 11) is -3.25. The first-order chi connectivity index (χ1) is 8.06. The van der Waals surface area contributed by atoms with E-state index in [1.54, 1.807) is 4.31 Å². The molecule has 0 aromatic heterocycles. The lowest BCUT2D eigenvalue weighted by Crippen LogP contribution is -2.47. The van der Waals surface area contributed by atoms with Crippen LogP contribution in [0.4, 0.5) is 0 Å². The number of piperidine rings is 1. The molecule has 6 heteroatoms. The van der Waals surface area contributed by atoms with Gasteiger partial charge in [0, 0.05) is 32.1 Å². The summed E-state index contributed by atoms with van der Waals surface area (Å²) in [6.07, 6.45) is 2.95. The van der Waals surface area contributed by atoms with Crippen LogP contribution in [0.1, 0.15) is 33.1 Å². The standard InChI is InChI=1S/C11H23ClN2O2S/c1-3-13(4-2)17(15,16)14-9-5-6-11(10-14)7-8-12/h11H,3-10H2,1-2H3. The van der Waals surface area contributed by atoms with Gasteiger partial charge in [-0.15, -0.1) is 11.6 Å². The van der Waals surface area contributed by atoms with E-state index < -0.39 is 10.2 Å². The fourth-order valence-corrected chi connectivity index (χ4v) is 4.39. The van der Waals surface area contributed by atoms with Gasteiger partial charge in [0.15, 0.2) is 0 Å². The predicted octanol–water partition coefficient (Wildman–Crippen LogP) is 1.91. The van der Waals surface area contributed by atoms with Crippen molar-refractivity contribution >= 4 is 21.8 Å². The molecule has 1 saturated heterocycles. The SMILES string of the molecule is CCN(CC)S(=O)(=O)N1CCCC(CCCl)C1. The Hall–Kier alpha value is 0.160. The van der Waals surface area contributed by atoms with Crippen molar-refractivity contribution in [2.45, 2.75) is 33.1 Å². The summed E-state index contributed by atoms with van der Waals surface area (Å²) in [6.45, 7) is 6.11. The normalized spacial score (nSPS) is 23.2. The molecule has 0 aliphatic carbocycles. The second kappa shape index (κ2) is 6.92. The number of hydrogen-bond donors (Lipinski definition) is 0. The van der Waals surface area contributed by atoms with Crippen LogP contribution in [-0.4, -0.2) is 49.1 Å². The Kier molecular flexibility index (Phi) is 6.20. The van der Waals surface area contributed by atoms with Gasteiger partial charge < -0.3 is 0 Å². The zero-order valence-electron chi connectivity index (χ0n) is 10.7. The first-order valence-electron chi connectivity index (χ1n) is 6.37. The van der Waals surface area contributed by atoms with Crippen LogP contribution in [0, 0.1) is 5.92 Å². The van der Waals surface area contributed by atoms with Gasteiger partial charge in [-0.25, -0.2) is 0 Å². The van der Waals surface area contributed by atoms with Crippen LogP contribution in [0.5, 0.6) is 0 Å². The van der Waals surface area contributed by atoms with Crippen LogP contribution < -0.4 is 0 Å². The molecule has 0 spiro atoms. The first kappa shape index (κ1) is 15.2. The van der Waals surface area contributed by atoms with E-state index in [0.29, 0.717) is 38.0 Å². The minimum absolute atomic E-state index is 0.423. The molecule has 102 valence electrons. The Bertz CT molecular complexity index is 315. The molecular weight excluding hydrogens is 260 g/mol. The maximum atomic E-state index is 12.3. The van der Waals surface area contributed by atoms with Gasteiger partial charge in [-0.05, 0) is 25.2 Å². The summed E-state index contributed by atoms with van der Waals surface area (Å²) in [4.78, 5) is 0. The second-order valence-electron chi connectivity index (χ2n) is 4.44.